The van der Waals surface area contributed by atoms with E-state index in [9.17, 15) is 13.2 Å². The van der Waals surface area contributed by atoms with E-state index in [1.165, 1.54) is 12.1 Å². The van der Waals surface area contributed by atoms with Crippen LogP contribution in [0.15, 0.2) is 54.9 Å². The highest BCUT2D eigenvalue weighted by atomic mass is 32.1. The molecule has 0 saturated heterocycles. The van der Waals surface area contributed by atoms with Gasteiger partial charge < -0.3 is 4.90 Å². The van der Waals surface area contributed by atoms with Crippen molar-refractivity contribution in [2.75, 3.05) is 7.05 Å². The van der Waals surface area contributed by atoms with Crippen LogP contribution in [0.2, 0.25) is 0 Å². The van der Waals surface area contributed by atoms with Crippen molar-refractivity contribution in [3.8, 4) is 5.69 Å². The van der Waals surface area contributed by atoms with Gasteiger partial charge in [0.05, 0.1) is 18.3 Å². The average molecular weight is 393 g/mol. The normalized spacial score (nSPS) is 12.9. The summed E-state index contributed by atoms with van der Waals surface area (Å²) in [5, 5.41) is 4.37. The molecule has 0 aliphatic rings. The van der Waals surface area contributed by atoms with Crippen LogP contribution in [0.5, 0.6) is 0 Å². The molecule has 0 bridgehead atoms. The zero-order valence-corrected chi connectivity index (χ0v) is 15.8. The lowest BCUT2D eigenvalue weighted by atomic mass is 10.1. The Morgan fingerprint density at radius 2 is 1.74 bits per heavy atom. The Balaban J connectivity index is 1.71. The fraction of sp³-hybridized carbons (Fsp3) is 0.263. The molecule has 0 aliphatic heterocycles. The number of hydrogen-bond donors (Lipinski definition) is 1. The third kappa shape index (κ3) is 4.45. The maximum atomic E-state index is 12.7. The number of rotatable bonds is 5. The fourth-order valence-corrected chi connectivity index (χ4v) is 3.17. The third-order valence-corrected chi connectivity index (χ3v) is 4.72. The van der Waals surface area contributed by atoms with E-state index in [4.69, 9.17) is 12.2 Å². The van der Waals surface area contributed by atoms with Crippen molar-refractivity contribution in [2.45, 2.75) is 26.3 Å². The van der Waals surface area contributed by atoms with Crippen molar-refractivity contribution < 1.29 is 18.1 Å². The Hall–Kier alpha value is -2.45. The van der Waals surface area contributed by atoms with Gasteiger partial charge in [0.15, 0.2) is 6.67 Å². The maximum Gasteiger partial charge on any atom is 0.416 e. The highest BCUT2D eigenvalue weighted by Crippen LogP contribution is 2.28. The van der Waals surface area contributed by atoms with Gasteiger partial charge in [0.1, 0.15) is 12.9 Å². The number of hydrogen-bond acceptors (Lipinski definition) is 2. The first-order chi connectivity index (χ1) is 12.8. The molecule has 0 saturated carbocycles. The monoisotopic (exact) mass is 393 g/mol. The van der Waals surface area contributed by atoms with E-state index >= 15 is 0 Å². The molecule has 0 radical (unpaired) electrons. The highest BCUT2D eigenvalue weighted by molar-refractivity contribution is 7.71. The molecular formula is C19H20F3N4S+. The molecule has 1 N–H and O–H groups in total. The number of para-hydroxylation sites is 1. The van der Waals surface area contributed by atoms with E-state index in [1.54, 1.807) is 11.0 Å². The zero-order valence-electron chi connectivity index (χ0n) is 15.0. The second kappa shape index (κ2) is 7.66. The second-order valence-electron chi connectivity index (χ2n) is 6.56. The van der Waals surface area contributed by atoms with Gasteiger partial charge >= 0.3 is 6.18 Å². The van der Waals surface area contributed by atoms with Crippen molar-refractivity contribution in [1.82, 2.24) is 14.3 Å². The van der Waals surface area contributed by atoms with E-state index in [0.717, 1.165) is 33.8 Å². The maximum absolute atomic E-state index is 12.7. The molecule has 0 spiro atoms. The van der Waals surface area contributed by atoms with Gasteiger partial charge in [-0.1, -0.05) is 30.3 Å². The topological polar surface area (TPSA) is 27.2 Å². The van der Waals surface area contributed by atoms with Crippen LogP contribution in [0.25, 0.3) is 5.69 Å². The van der Waals surface area contributed by atoms with Gasteiger partial charge in [-0.25, -0.2) is 0 Å². The molecule has 3 aromatic rings. The summed E-state index contributed by atoms with van der Waals surface area (Å²) in [6.07, 6.45) is -2.62. The molecule has 4 nitrogen and oxygen atoms in total. The van der Waals surface area contributed by atoms with Crippen molar-refractivity contribution in [3.05, 3.63) is 76.3 Å². The summed E-state index contributed by atoms with van der Waals surface area (Å²) in [5.41, 5.74) is 2.26. The van der Waals surface area contributed by atoms with Gasteiger partial charge in [0.2, 0.25) is 4.77 Å². The molecule has 3 rings (SSSR count). The van der Waals surface area contributed by atoms with Crippen LogP contribution in [-0.2, 0) is 19.4 Å². The number of halogens is 3. The van der Waals surface area contributed by atoms with Gasteiger partial charge in [0.25, 0.3) is 0 Å². The fourth-order valence-electron chi connectivity index (χ4n) is 2.92. The Labute approximate surface area is 160 Å². The lowest BCUT2D eigenvalue weighted by molar-refractivity contribution is -0.917. The molecule has 1 heterocycles. The van der Waals surface area contributed by atoms with Gasteiger partial charge in [0, 0.05) is 5.56 Å². The van der Waals surface area contributed by atoms with E-state index in [0.29, 0.717) is 18.0 Å². The minimum Gasteiger partial charge on any atom is -0.315 e. The third-order valence-electron chi connectivity index (χ3n) is 4.32. The van der Waals surface area contributed by atoms with Gasteiger partial charge in [-0.15, -0.1) is 0 Å². The van der Waals surface area contributed by atoms with Crippen LogP contribution in [0.3, 0.4) is 0 Å². The molecule has 0 aliphatic carbocycles. The summed E-state index contributed by atoms with van der Waals surface area (Å²) < 4.78 is 42.1. The van der Waals surface area contributed by atoms with Crippen LogP contribution in [0.4, 0.5) is 13.2 Å². The molecule has 8 heteroatoms. The van der Waals surface area contributed by atoms with E-state index in [1.807, 2.05) is 42.8 Å². The predicted octanol–water partition coefficient (Wildman–Crippen LogP) is 3.40. The van der Waals surface area contributed by atoms with Crippen LogP contribution in [-0.4, -0.2) is 21.4 Å². The molecule has 142 valence electrons. The number of quaternary nitrogens is 1. The van der Waals surface area contributed by atoms with E-state index in [2.05, 4.69) is 5.10 Å². The first kappa shape index (κ1) is 19.3. The largest absolute Gasteiger partial charge is 0.416 e. The van der Waals surface area contributed by atoms with Crippen LogP contribution < -0.4 is 4.90 Å². The molecule has 27 heavy (non-hydrogen) atoms. The minimum atomic E-state index is -4.31. The second-order valence-corrected chi connectivity index (χ2v) is 6.92. The Morgan fingerprint density at radius 1 is 1.07 bits per heavy atom. The Kier molecular flexibility index (Phi) is 5.48. The molecule has 0 amide bonds. The number of aromatic nitrogens is 3. The summed E-state index contributed by atoms with van der Waals surface area (Å²) in [6.45, 7) is 3.09. The van der Waals surface area contributed by atoms with Crippen molar-refractivity contribution in [2.24, 2.45) is 0 Å². The Bertz CT molecular complexity index is 974. The number of alkyl halides is 3. The smallest absolute Gasteiger partial charge is 0.315 e. The lowest BCUT2D eigenvalue weighted by Crippen LogP contribution is -3.07. The van der Waals surface area contributed by atoms with Gasteiger partial charge in [-0.05, 0) is 42.9 Å². The molecule has 1 atom stereocenters. The standard InChI is InChI=1S/C19H19F3N4S/c1-14-5-3-4-6-17(14)25-12-23-26(18(25)27)13-24(2)11-15-7-9-16(10-8-15)19(20,21)22/h3-10,12H,11,13H2,1-2H3/p+1. The summed E-state index contributed by atoms with van der Waals surface area (Å²) in [7, 11) is 1.95. The first-order valence-electron chi connectivity index (χ1n) is 8.43. The SMILES string of the molecule is Cc1ccccc1-n1cnn(C[NH+](C)Cc2ccc(C(F)(F)F)cc2)c1=S. The van der Waals surface area contributed by atoms with Crippen molar-refractivity contribution in [1.29, 1.82) is 0 Å². The molecule has 1 unspecified atom stereocenters. The van der Waals surface area contributed by atoms with E-state index < -0.39 is 11.7 Å². The van der Waals surface area contributed by atoms with E-state index in [-0.39, 0.29) is 0 Å². The number of nitrogens with one attached hydrogen (secondary N) is 1. The van der Waals surface area contributed by atoms with Crippen LogP contribution in [0.1, 0.15) is 16.7 Å². The summed E-state index contributed by atoms with van der Waals surface area (Å²) in [6, 6.07) is 13.2. The quantitative estimate of drug-likeness (QED) is 0.673. The number of benzene rings is 2. The van der Waals surface area contributed by atoms with Crippen molar-refractivity contribution in [3.63, 3.8) is 0 Å². The summed E-state index contributed by atoms with van der Waals surface area (Å²) in [4.78, 5) is 1.06. The summed E-state index contributed by atoms with van der Waals surface area (Å²) in [5.74, 6) is 0. The van der Waals surface area contributed by atoms with Gasteiger partial charge in [-0.3, -0.25) is 4.57 Å². The molecule has 1 aromatic heterocycles. The highest BCUT2D eigenvalue weighted by Gasteiger charge is 2.30. The average Bonchev–Trinajstić information content (AvgIpc) is 2.95. The van der Waals surface area contributed by atoms with Crippen molar-refractivity contribution >= 4 is 12.2 Å². The Morgan fingerprint density at radius 3 is 2.37 bits per heavy atom. The number of aryl methyl sites for hydroxylation is 1. The molecular weight excluding hydrogens is 373 g/mol. The van der Waals surface area contributed by atoms with Crippen LogP contribution >= 0.6 is 12.2 Å². The zero-order chi connectivity index (χ0) is 19.6. The molecule has 0 fully saturated rings. The minimum absolute atomic E-state index is 0.513. The van der Waals surface area contributed by atoms with Gasteiger partial charge in [-0.2, -0.15) is 23.0 Å². The first-order valence-corrected chi connectivity index (χ1v) is 8.84. The molecule has 2 aromatic carbocycles. The number of nitrogens with zero attached hydrogens (tertiary/aromatic N) is 3. The predicted molar refractivity (Wildman–Crippen MR) is 99.2 cm³/mol. The summed E-state index contributed by atoms with van der Waals surface area (Å²) >= 11 is 5.53. The van der Waals surface area contributed by atoms with Crippen LogP contribution in [0, 0.1) is 11.7 Å². The lowest BCUT2D eigenvalue weighted by Gasteiger charge is -2.14.